The van der Waals surface area contributed by atoms with Crippen molar-refractivity contribution in [2.75, 3.05) is 18.1 Å². The lowest BCUT2D eigenvalue weighted by molar-refractivity contribution is 0.0696. The fourth-order valence-electron chi connectivity index (χ4n) is 2.01. The molecule has 20 heavy (non-hydrogen) atoms. The zero-order chi connectivity index (χ0) is 13.9. The Labute approximate surface area is 124 Å². The molecule has 4 nitrogen and oxygen atoms in total. The van der Waals surface area contributed by atoms with Crippen molar-refractivity contribution in [2.45, 2.75) is 6.10 Å². The molecule has 1 N–H and O–H groups in total. The van der Waals surface area contributed by atoms with Crippen LogP contribution in [-0.2, 0) is 4.74 Å². The zero-order valence-electron chi connectivity index (χ0n) is 10.6. The van der Waals surface area contributed by atoms with Crippen LogP contribution in [0.4, 0.5) is 0 Å². The van der Waals surface area contributed by atoms with Gasteiger partial charge in [-0.25, -0.2) is 9.78 Å². The van der Waals surface area contributed by atoms with E-state index in [0.29, 0.717) is 0 Å². The summed E-state index contributed by atoms with van der Waals surface area (Å²) in [6.07, 6.45) is 0.0650. The van der Waals surface area contributed by atoms with Gasteiger partial charge in [0.15, 0.2) is 0 Å². The van der Waals surface area contributed by atoms with Gasteiger partial charge in [0, 0.05) is 22.4 Å². The number of carbonyl (C=O) groups is 1. The van der Waals surface area contributed by atoms with Gasteiger partial charge in [-0.15, -0.1) is 11.3 Å². The highest BCUT2D eigenvalue weighted by Gasteiger charge is 2.20. The van der Waals surface area contributed by atoms with Gasteiger partial charge in [0.2, 0.25) is 0 Å². The second-order valence-corrected chi connectivity index (χ2v) is 6.43. The minimum atomic E-state index is -0.922. The van der Waals surface area contributed by atoms with E-state index >= 15 is 0 Å². The van der Waals surface area contributed by atoms with Crippen LogP contribution < -0.4 is 0 Å². The molecule has 1 unspecified atom stereocenters. The first-order valence-electron chi connectivity index (χ1n) is 6.22. The summed E-state index contributed by atoms with van der Waals surface area (Å²) in [5.74, 6) is 1.05. The fraction of sp³-hybridized carbons (Fsp3) is 0.286. The predicted octanol–water partition coefficient (Wildman–Crippen LogP) is 3.31. The Morgan fingerprint density at radius 3 is 3.10 bits per heavy atom. The van der Waals surface area contributed by atoms with E-state index in [1.165, 1.54) is 0 Å². The molecule has 1 atom stereocenters. The molecule has 1 aliphatic rings. The summed E-state index contributed by atoms with van der Waals surface area (Å²) < 4.78 is 5.71. The van der Waals surface area contributed by atoms with Crippen LogP contribution in [0, 0.1) is 0 Å². The first-order chi connectivity index (χ1) is 9.74. The monoisotopic (exact) mass is 307 g/mol. The quantitative estimate of drug-likeness (QED) is 0.942. The largest absolute Gasteiger partial charge is 0.478 e. The molecule has 1 fully saturated rings. The Kier molecular flexibility index (Phi) is 4.05. The van der Waals surface area contributed by atoms with Crippen LogP contribution >= 0.6 is 23.1 Å². The molecule has 6 heteroatoms. The molecule has 1 aliphatic heterocycles. The third-order valence-corrected chi connectivity index (χ3v) is 4.95. The lowest BCUT2D eigenvalue weighted by atomic mass is 10.1. The van der Waals surface area contributed by atoms with Gasteiger partial charge in [0.25, 0.3) is 0 Å². The van der Waals surface area contributed by atoms with Gasteiger partial charge >= 0.3 is 5.97 Å². The standard InChI is InChI=1S/C14H13NO3S2/c16-14(17)10-3-1-2-9(6-10)11-7-20-13(15-11)12-8-19-5-4-18-12/h1-3,6-7,12H,4-5,8H2,(H,16,17). The minimum Gasteiger partial charge on any atom is -0.478 e. The van der Waals surface area contributed by atoms with Crippen LogP contribution in [0.3, 0.4) is 0 Å². The molecule has 2 aromatic rings. The SMILES string of the molecule is O=C(O)c1cccc(-c2csc(C3CSCCO3)n2)c1. The van der Waals surface area contributed by atoms with Gasteiger partial charge in [-0.1, -0.05) is 12.1 Å². The number of ether oxygens (including phenoxy) is 1. The third-order valence-electron chi connectivity index (χ3n) is 3.02. The van der Waals surface area contributed by atoms with Crippen LogP contribution in [0.25, 0.3) is 11.3 Å². The summed E-state index contributed by atoms with van der Waals surface area (Å²) in [4.78, 5) is 15.6. The van der Waals surface area contributed by atoms with E-state index in [2.05, 4.69) is 4.98 Å². The highest BCUT2D eigenvalue weighted by molar-refractivity contribution is 7.99. The van der Waals surface area contributed by atoms with Gasteiger partial charge in [-0.3, -0.25) is 0 Å². The minimum absolute atomic E-state index is 0.0650. The molecule has 0 radical (unpaired) electrons. The summed E-state index contributed by atoms with van der Waals surface area (Å²) in [6, 6.07) is 6.85. The van der Waals surface area contributed by atoms with Gasteiger partial charge in [-0.2, -0.15) is 11.8 Å². The lowest BCUT2D eigenvalue weighted by Gasteiger charge is -2.19. The number of carboxylic acid groups (broad SMARTS) is 1. The maximum atomic E-state index is 11.0. The third kappa shape index (κ3) is 2.87. The number of hydrogen-bond donors (Lipinski definition) is 1. The van der Waals surface area contributed by atoms with Crippen molar-refractivity contribution in [3.63, 3.8) is 0 Å². The van der Waals surface area contributed by atoms with Crippen LogP contribution in [0.1, 0.15) is 21.5 Å². The molecule has 0 aliphatic carbocycles. The maximum absolute atomic E-state index is 11.0. The molecule has 0 saturated carbocycles. The summed E-state index contributed by atoms with van der Waals surface area (Å²) in [6.45, 7) is 0.763. The average molecular weight is 307 g/mol. The van der Waals surface area contributed by atoms with Crippen molar-refractivity contribution in [2.24, 2.45) is 0 Å². The van der Waals surface area contributed by atoms with Gasteiger partial charge in [0.05, 0.1) is 17.9 Å². The van der Waals surface area contributed by atoms with Gasteiger partial charge in [-0.05, 0) is 12.1 Å². The van der Waals surface area contributed by atoms with Crippen molar-refractivity contribution in [1.29, 1.82) is 0 Å². The van der Waals surface area contributed by atoms with E-state index in [9.17, 15) is 4.79 Å². The molecular weight excluding hydrogens is 294 g/mol. The lowest BCUT2D eigenvalue weighted by Crippen LogP contribution is -2.15. The summed E-state index contributed by atoms with van der Waals surface area (Å²) in [5, 5.41) is 11.9. The van der Waals surface area contributed by atoms with Gasteiger partial charge < -0.3 is 9.84 Å². The first-order valence-corrected chi connectivity index (χ1v) is 8.26. The van der Waals surface area contributed by atoms with E-state index in [4.69, 9.17) is 9.84 Å². The number of thioether (sulfide) groups is 1. The molecule has 0 bridgehead atoms. The van der Waals surface area contributed by atoms with Crippen molar-refractivity contribution >= 4 is 29.1 Å². The van der Waals surface area contributed by atoms with Crippen molar-refractivity contribution in [3.8, 4) is 11.3 Å². The Balaban J connectivity index is 1.85. The molecular formula is C14H13NO3S2. The average Bonchev–Trinajstić information content (AvgIpc) is 2.98. The summed E-state index contributed by atoms with van der Waals surface area (Å²) in [7, 11) is 0. The number of benzene rings is 1. The Hall–Kier alpha value is -1.37. The molecule has 1 aromatic carbocycles. The highest BCUT2D eigenvalue weighted by Crippen LogP contribution is 2.31. The number of hydrogen-bond acceptors (Lipinski definition) is 5. The molecule has 0 spiro atoms. The topological polar surface area (TPSA) is 59.4 Å². The molecule has 1 saturated heterocycles. The Morgan fingerprint density at radius 1 is 1.45 bits per heavy atom. The summed E-state index contributed by atoms with van der Waals surface area (Å²) >= 11 is 3.44. The number of carboxylic acids is 1. The van der Waals surface area contributed by atoms with Crippen molar-refractivity contribution in [1.82, 2.24) is 4.98 Å². The number of aromatic carboxylic acids is 1. The smallest absolute Gasteiger partial charge is 0.335 e. The van der Waals surface area contributed by atoms with Crippen LogP contribution in [-0.4, -0.2) is 34.2 Å². The molecule has 3 rings (SSSR count). The van der Waals surface area contributed by atoms with E-state index in [1.807, 2.05) is 23.2 Å². The predicted molar refractivity (Wildman–Crippen MR) is 80.5 cm³/mol. The fourth-order valence-corrected chi connectivity index (χ4v) is 3.84. The van der Waals surface area contributed by atoms with E-state index in [1.54, 1.807) is 29.5 Å². The Bertz CT molecular complexity index is 620. The van der Waals surface area contributed by atoms with Crippen LogP contribution in [0.2, 0.25) is 0 Å². The van der Waals surface area contributed by atoms with Gasteiger partial charge in [0.1, 0.15) is 11.1 Å². The van der Waals surface area contributed by atoms with Crippen molar-refractivity contribution in [3.05, 3.63) is 40.2 Å². The zero-order valence-corrected chi connectivity index (χ0v) is 12.2. The molecule has 0 amide bonds. The van der Waals surface area contributed by atoms with Crippen molar-refractivity contribution < 1.29 is 14.6 Å². The molecule has 1 aromatic heterocycles. The number of nitrogens with zero attached hydrogens (tertiary/aromatic N) is 1. The first kappa shape index (κ1) is 13.6. The van der Waals surface area contributed by atoms with E-state index in [0.717, 1.165) is 34.4 Å². The number of aromatic nitrogens is 1. The Morgan fingerprint density at radius 2 is 2.35 bits per heavy atom. The van der Waals surface area contributed by atoms with E-state index < -0.39 is 5.97 Å². The number of thiazole rings is 1. The normalized spacial score (nSPS) is 18.9. The second-order valence-electron chi connectivity index (χ2n) is 4.39. The number of rotatable bonds is 3. The maximum Gasteiger partial charge on any atom is 0.335 e. The van der Waals surface area contributed by atoms with Crippen LogP contribution in [0.15, 0.2) is 29.6 Å². The van der Waals surface area contributed by atoms with Crippen LogP contribution in [0.5, 0.6) is 0 Å². The summed E-state index contributed by atoms with van der Waals surface area (Å²) in [5.41, 5.74) is 1.92. The highest BCUT2D eigenvalue weighted by atomic mass is 32.2. The van der Waals surface area contributed by atoms with E-state index in [-0.39, 0.29) is 11.7 Å². The molecule has 2 heterocycles. The molecule has 104 valence electrons. The second kappa shape index (κ2) is 5.95.